The number of benzene rings is 1. The third-order valence-electron chi connectivity index (χ3n) is 4.33. The van der Waals surface area contributed by atoms with Crippen LogP contribution >= 0.6 is 0 Å². The van der Waals surface area contributed by atoms with Crippen molar-refractivity contribution < 1.29 is 14.3 Å². The van der Waals surface area contributed by atoms with Gasteiger partial charge in [-0.2, -0.15) is 0 Å². The molecule has 1 saturated heterocycles. The number of nitrogens with zero attached hydrogens (tertiary/aromatic N) is 1. The van der Waals surface area contributed by atoms with E-state index in [9.17, 15) is 9.59 Å². The second kappa shape index (κ2) is 7.97. The standard InChI is InChI=1S/C18H25NO3/c1-3-16(14-8-6-5-7-9-14)17(20)19-12-10-15(11-13-19)18(21)22-4-2/h5-9,15-16H,3-4,10-13H2,1-2H3/t16-/m1/s1. The maximum absolute atomic E-state index is 12.7. The lowest BCUT2D eigenvalue weighted by molar-refractivity contribution is -0.151. The van der Waals surface area contributed by atoms with Crippen molar-refractivity contribution in [3.63, 3.8) is 0 Å². The lowest BCUT2D eigenvalue weighted by atomic mass is 9.92. The summed E-state index contributed by atoms with van der Waals surface area (Å²) in [5, 5.41) is 0. The van der Waals surface area contributed by atoms with Crippen molar-refractivity contribution in [1.29, 1.82) is 0 Å². The zero-order valence-electron chi connectivity index (χ0n) is 13.5. The molecule has 0 N–H and O–H groups in total. The molecule has 1 aliphatic rings. The van der Waals surface area contributed by atoms with Crippen LogP contribution in [-0.2, 0) is 14.3 Å². The molecule has 4 nitrogen and oxygen atoms in total. The fourth-order valence-electron chi connectivity index (χ4n) is 3.05. The maximum atomic E-state index is 12.7. The lowest BCUT2D eigenvalue weighted by Gasteiger charge is -2.33. The molecule has 0 aromatic heterocycles. The highest BCUT2D eigenvalue weighted by Gasteiger charge is 2.31. The van der Waals surface area contributed by atoms with Crippen LogP contribution in [0, 0.1) is 5.92 Å². The largest absolute Gasteiger partial charge is 0.466 e. The molecule has 0 radical (unpaired) electrons. The molecule has 4 heteroatoms. The summed E-state index contributed by atoms with van der Waals surface area (Å²) in [6.07, 6.45) is 2.20. The van der Waals surface area contributed by atoms with Crippen LogP contribution in [0.15, 0.2) is 30.3 Å². The van der Waals surface area contributed by atoms with E-state index in [1.54, 1.807) is 0 Å². The average molecular weight is 303 g/mol. The van der Waals surface area contributed by atoms with E-state index in [1.165, 1.54) is 0 Å². The Balaban J connectivity index is 1.95. The Morgan fingerprint density at radius 2 is 1.82 bits per heavy atom. The van der Waals surface area contributed by atoms with Crippen LogP contribution in [0.25, 0.3) is 0 Å². The Morgan fingerprint density at radius 1 is 1.18 bits per heavy atom. The maximum Gasteiger partial charge on any atom is 0.309 e. The van der Waals surface area contributed by atoms with Crippen molar-refractivity contribution in [2.45, 2.75) is 39.0 Å². The second-order valence-corrected chi connectivity index (χ2v) is 5.72. The number of carbonyl (C=O) groups excluding carboxylic acids is 2. The third kappa shape index (κ3) is 3.87. The van der Waals surface area contributed by atoms with Crippen molar-refractivity contribution in [3.8, 4) is 0 Å². The summed E-state index contributed by atoms with van der Waals surface area (Å²) in [5.41, 5.74) is 1.07. The van der Waals surface area contributed by atoms with Crippen LogP contribution in [-0.4, -0.2) is 36.5 Å². The SMILES string of the molecule is CCOC(=O)C1CCN(C(=O)[C@H](CC)c2ccccc2)CC1. The predicted molar refractivity (Wildman–Crippen MR) is 85.4 cm³/mol. The number of piperidine rings is 1. The Hall–Kier alpha value is -1.84. The Labute approximate surface area is 132 Å². The summed E-state index contributed by atoms with van der Waals surface area (Å²) in [6, 6.07) is 9.93. The fraction of sp³-hybridized carbons (Fsp3) is 0.556. The van der Waals surface area contributed by atoms with E-state index < -0.39 is 0 Å². The summed E-state index contributed by atoms with van der Waals surface area (Å²) in [6.45, 7) is 5.57. The second-order valence-electron chi connectivity index (χ2n) is 5.72. The van der Waals surface area contributed by atoms with Gasteiger partial charge in [0, 0.05) is 13.1 Å². The smallest absolute Gasteiger partial charge is 0.309 e. The Kier molecular flexibility index (Phi) is 5.99. The summed E-state index contributed by atoms with van der Waals surface area (Å²) in [5.74, 6) is -0.0816. The highest BCUT2D eigenvalue weighted by atomic mass is 16.5. The van der Waals surface area contributed by atoms with Gasteiger partial charge in [0.2, 0.25) is 5.91 Å². The predicted octanol–water partition coefficient (Wildman–Crippen LogP) is 2.98. The zero-order valence-corrected chi connectivity index (χ0v) is 13.5. The van der Waals surface area contributed by atoms with Crippen LogP contribution in [0.2, 0.25) is 0 Å². The molecule has 1 amide bonds. The van der Waals surface area contributed by atoms with E-state index in [1.807, 2.05) is 49.1 Å². The van der Waals surface area contributed by atoms with Crippen molar-refractivity contribution in [2.75, 3.05) is 19.7 Å². The minimum atomic E-state index is -0.121. The van der Waals surface area contributed by atoms with Gasteiger partial charge in [-0.25, -0.2) is 0 Å². The van der Waals surface area contributed by atoms with E-state index in [0.29, 0.717) is 32.5 Å². The van der Waals surface area contributed by atoms with Gasteiger partial charge in [0.05, 0.1) is 18.4 Å². The first kappa shape index (κ1) is 16.5. The number of esters is 1. The quantitative estimate of drug-likeness (QED) is 0.786. The number of ether oxygens (including phenoxy) is 1. The lowest BCUT2D eigenvalue weighted by Crippen LogP contribution is -2.42. The number of hydrogen-bond donors (Lipinski definition) is 0. The van der Waals surface area contributed by atoms with Crippen molar-refractivity contribution >= 4 is 11.9 Å². The van der Waals surface area contributed by atoms with Gasteiger partial charge in [-0.1, -0.05) is 37.3 Å². The molecule has 1 atom stereocenters. The van der Waals surface area contributed by atoms with Crippen molar-refractivity contribution in [3.05, 3.63) is 35.9 Å². The molecule has 1 aliphatic heterocycles. The minimum absolute atomic E-state index is 0.0548. The summed E-state index contributed by atoms with van der Waals surface area (Å²) >= 11 is 0. The van der Waals surface area contributed by atoms with Gasteiger partial charge >= 0.3 is 5.97 Å². The van der Waals surface area contributed by atoms with Crippen LogP contribution in [0.5, 0.6) is 0 Å². The molecule has 22 heavy (non-hydrogen) atoms. The minimum Gasteiger partial charge on any atom is -0.466 e. The van der Waals surface area contributed by atoms with Crippen LogP contribution in [0.1, 0.15) is 44.6 Å². The Morgan fingerprint density at radius 3 is 2.36 bits per heavy atom. The van der Waals surface area contributed by atoms with E-state index in [2.05, 4.69) is 0 Å². The first-order valence-corrected chi connectivity index (χ1v) is 8.17. The van der Waals surface area contributed by atoms with Crippen LogP contribution in [0.4, 0.5) is 0 Å². The molecular weight excluding hydrogens is 278 g/mol. The van der Waals surface area contributed by atoms with E-state index >= 15 is 0 Å². The van der Waals surface area contributed by atoms with Crippen molar-refractivity contribution in [1.82, 2.24) is 4.90 Å². The molecule has 1 heterocycles. The number of likely N-dealkylation sites (tertiary alicyclic amines) is 1. The van der Waals surface area contributed by atoms with Gasteiger partial charge in [0.15, 0.2) is 0 Å². The Bertz CT molecular complexity index is 492. The molecule has 0 saturated carbocycles. The molecule has 1 aromatic carbocycles. The fourth-order valence-corrected chi connectivity index (χ4v) is 3.05. The zero-order chi connectivity index (χ0) is 15.9. The number of rotatable bonds is 5. The van der Waals surface area contributed by atoms with Crippen molar-refractivity contribution in [2.24, 2.45) is 5.92 Å². The van der Waals surface area contributed by atoms with Gasteiger partial charge in [-0.3, -0.25) is 9.59 Å². The number of amides is 1. The van der Waals surface area contributed by atoms with Gasteiger partial charge in [-0.05, 0) is 31.7 Å². The topological polar surface area (TPSA) is 46.6 Å². The molecule has 0 unspecified atom stereocenters. The molecule has 1 fully saturated rings. The molecule has 1 aromatic rings. The molecule has 0 bridgehead atoms. The average Bonchev–Trinajstić information content (AvgIpc) is 2.57. The molecule has 2 rings (SSSR count). The first-order chi connectivity index (χ1) is 10.7. The summed E-state index contributed by atoms with van der Waals surface area (Å²) in [4.78, 5) is 26.4. The monoisotopic (exact) mass is 303 g/mol. The van der Waals surface area contributed by atoms with Gasteiger partial charge in [0.25, 0.3) is 0 Å². The van der Waals surface area contributed by atoms with E-state index in [0.717, 1.165) is 12.0 Å². The normalized spacial score (nSPS) is 17.1. The highest BCUT2D eigenvalue weighted by Crippen LogP contribution is 2.26. The van der Waals surface area contributed by atoms with E-state index in [4.69, 9.17) is 4.74 Å². The summed E-state index contributed by atoms with van der Waals surface area (Å²) in [7, 11) is 0. The van der Waals surface area contributed by atoms with Gasteiger partial charge in [0.1, 0.15) is 0 Å². The van der Waals surface area contributed by atoms with E-state index in [-0.39, 0.29) is 23.7 Å². The third-order valence-corrected chi connectivity index (χ3v) is 4.33. The molecule has 0 aliphatic carbocycles. The summed E-state index contributed by atoms with van der Waals surface area (Å²) < 4.78 is 5.07. The molecule has 120 valence electrons. The van der Waals surface area contributed by atoms with Crippen LogP contribution < -0.4 is 0 Å². The molecule has 0 spiro atoms. The number of hydrogen-bond acceptors (Lipinski definition) is 3. The van der Waals surface area contributed by atoms with Gasteiger partial charge < -0.3 is 9.64 Å². The number of carbonyl (C=O) groups is 2. The first-order valence-electron chi connectivity index (χ1n) is 8.17. The van der Waals surface area contributed by atoms with Gasteiger partial charge in [-0.15, -0.1) is 0 Å². The van der Waals surface area contributed by atoms with Crippen LogP contribution in [0.3, 0.4) is 0 Å². The highest BCUT2D eigenvalue weighted by molar-refractivity contribution is 5.84. The molecular formula is C18H25NO3.